The van der Waals surface area contributed by atoms with Crippen LogP contribution >= 0.6 is 23.2 Å². The van der Waals surface area contributed by atoms with E-state index in [1.807, 2.05) is 5.32 Å². The van der Waals surface area contributed by atoms with Crippen LogP contribution in [0.1, 0.15) is 31.1 Å². The van der Waals surface area contributed by atoms with Gasteiger partial charge in [-0.3, -0.25) is 19.7 Å². The lowest BCUT2D eigenvalue weighted by molar-refractivity contribution is -0.123. The third kappa shape index (κ3) is 4.12. The van der Waals surface area contributed by atoms with Crippen molar-refractivity contribution < 1.29 is 28.7 Å². The van der Waals surface area contributed by atoms with E-state index in [1.54, 1.807) is 0 Å². The fraction of sp³-hybridized carbons (Fsp3) is 0.105. The van der Waals surface area contributed by atoms with Crippen molar-refractivity contribution in [2.75, 3.05) is 18.6 Å². The number of imide groups is 2. The molecule has 2 N–H and O–H groups in total. The molecule has 0 saturated heterocycles. The van der Waals surface area contributed by atoms with Gasteiger partial charge >= 0.3 is 12.0 Å². The number of hydrogen-bond acceptors (Lipinski definition) is 6. The predicted molar refractivity (Wildman–Crippen MR) is 107 cm³/mol. The maximum atomic E-state index is 12.8. The largest absolute Gasteiger partial charge is 0.452 e. The van der Waals surface area contributed by atoms with Crippen LogP contribution in [-0.4, -0.2) is 43.4 Å². The highest BCUT2D eigenvalue weighted by Gasteiger charge is 2.37. The van der Waals surface area contributed by atoms with E-state index in [-0.39, 0.29) is 32.4 Å². The first-order valence-electron chi connectivity index (χ1n) is 8.39. The lowest BCUT2D eigenvalue weighted by Crippen LogP contribution is -2.39. The van der Waals surface area contributed by atoms with Gasteiger partial charge in [-0.2, -0.15) is 0 Å². The fourth-order valence-electron chi connectivity index (χ4n) is 2.67. The molecule has 0 saturated carbocycles. The van der Waals surface area contributed by atoms with Crippen molar-refractivity contribution in [2.24, 2.45) is 0 Å². The molecule has 11 heteroatoms. The SMILES string of the molecule is CNC(=O)NC(=O)COC(=O)c1ccc2c(c1)C(=O)N(c1ccc(Cl)c(Cl)c1)C2=O. The Morgan fingerprint density at radius 2 is 1.67 bits per heavy atom. The minimum atomic E-state index is -0.905. The Kier molecular flexibility index (Phi) is 6.04. The van der Waals surface area contributed by atoms with Crippen molar-refractivity contribution >= 4 is 58.6 Å². The van der Waals surface area contributed by atoms with Gasteiger partial charge in [0.25, 0.3) is 17.7 Å². The monoisotopic (exact) mass is 449 g/mol. The van der Waals surface area contributed by atoms with Crippen molar-refractivity contribution in [2.45, 2.75) is 0 Å². The van der Waals surface area contributed by atoms with E-state index < -0.39 is 36.3 Å². The van der Waals surface area contributed by atoms with Gasteiger partial charge in [0.2, 0.25) is 0 Å². The van der Waals surface area contributed by atoms with Crippen LogP contribution in [0.15, 0.2) is 36.4 Å². The summed E-state index contributed by atoms with van der Waals surface area (Å²) in [6.07, 6.45) is 0. The highest BCUT2D eigenvalue weighted by molar-refractivity contribution is 6.42. The first kappa shape index (κ1) is 21.3. The topological polar surface area (TPSA) is 122 Å². The molecule has 1 aliphatic heterocycles. The van der Waals surface area contributed by atoms with Crippen LogP contribution in [0, 0.1) is 0 Å². The van der Waals surface area contributed by atoms with Gasteiger partial charge in [0.15, 0.2) is 6.61 Å². The Bertz CT molecular complexity index is 1100. The van der Waals surface area contributed by atoms with Crippen LogP contribution in [0.4, 0.5) is 10.5 Å². The van der Waals surface area contributed by atoms with Gasteiger partial charge in [0.05, 0.1) is 32.4 Å². The fourth-order valence-corrected chi connectivity index (χ4v) is 2.96. The summed E-state index contributed by atoms with van der Waals surface area (Å²) in [4.78, 5) is 61.1. The van der Waals surface area contributed by atoms with Gasteiger partial charge in [0.1, 0.15) is 0 Å². The summed E-state index contributed by atoms with van der Waals surface area (Å²) in [5.74, 6) is -2.97. The second kappa shape index (κ2) is 8.52. The molecule has 0 fully saturated rings. The number of urea groups is 1. The van der Waals surface area contributed by atoms with E-state index in [1.165, 1.54) is 43.4 Å². The Morgan fingerprint density at radius 1 is 0.967 bits per heavy atom. The second-order valence-electron chi connectivity index (χ2n) is 6.01. The third-order valence-electron chi connectivity index (χ3n) is 4.10. The van der Waals surface area contributed by atoms with Crippen molar-refractivity contribution in [1.82, 2.24) is 10.6 Å². The quantitative estimate of drug-likeness (QED) is 0.545. The van der Waals surface area contributed by atoms with E-state index in [0.717, 1.165) is 4.90 Å². The Balaban J connectivity index is 1.78. The molecule has 9 nitrogen and oxygen atoms in total. The maximum Gasteiger partial charge on any atom is 0.338 e. The molecule has 2 aromatic rings. The Labute approximate surface area is 179 Å². The molecule has 0 aliphatic carbocycles. The zero-order valence-electron chi connectivity index (χ0n) is 15.3. The molecule has 3 rings (SSSR count). The molecular formula is C19H13Cl2N3O6. The summed E-state index contributed by atoms with van der Waals surface area (Å²) >= 11 is 11.8. The number of halogens is 2. The number of carbonyl (C=O) groups is 5. The zero-order valence-corrected chi connectivity index (χ0v) is 16.8. The number of carbonyl (C=O) groups excluding carboxylic acids is 5. The number of hydrogen-bond donors (Lipinski definition) is 2. The number of fused-ring (bicyclic) bond motifs is 1. The zero-order chi connectivity index (χ0) is 22.0. The molecule has 2 aromatic carbocycles. The summed E-state index contributed by atoms with van der Waals surface area (Å²) in [5.41, 5.74) is 0.277. The molecule has 1 heterocycles. The number of ether oxygens (including phenoxy) is 1. The summed E-state index contributed by atoms with van der Waals surface area (Å²) < 4.78 is 4.82. The van der Waals surface area contributed by atoms with Gasteiger partial charge < -0.3 is 10.1 Å². The highest BCUT2D eigenvalue weighted by Crippen LogP contribution is 2.33. The van der Waals surface area contributed by atoms with E-state index >= 15 is 0 Å². The standard InChI is InChI=1S/C19H13Cl2N3O6/c1-22-19(29)23-15(25)8-30-18(28)9-2-4-11-12(6-9)17(27)24(16(11)26)10-3-5-13(20)14(21)7-10/h2-7H,8H2,1H3,(H2,22,23,25,29). The Hall–Kier alpha value is -3.43. The molecule has 0 spiro atoms. The predicted octanol–water partition coefficient (Wildman–Crippen LogP) is 2.41. The Morgan fingerprint density at radius 3 is 2.33 bits per heavy atom. The summed E-state index contributed by atoms with van der Waals surface area (Å²) in [6, 6.07) is 7.36. The second-order valence-corrected chi connectivity index (χ2v) is 6.82. The van der Waals surface area contributed by atoms with E-state index in [0.29, 0.717) is 0 Å². The van der Waals surface area contributed by atoms with Gasteiger partial charge in [-0.15, -0.1) is 0 Å². The molecule has 30 heavy (non-hydrogen) atoms. The van der Waals surface area contributed by atoms with E-state index in [2.05, 4.69) is 5.32 Å². The minimum Gasteiger partial charge on any atom is -0.452 e. The summed E-state index contributed by atoms with van der Waals surface area (Å²) in [7, 11) is 1.32. The number of benzene rings is 2. The van der Waals surface area contributed by atoms with Crippen molar-refractivity contribution in [3.8, 4) is 0 Å². The van der Waals surface area contributed by atoms with Crippen LogP contribution < -0.4 is 15.5 Å². The molecular weight excluding hydrogens is 437 g/mol. The van der Waals surface area contributed by atoms with Crippen molar-refractivity contribution in [3.63, 3.8) is 0 Å². The average molecular weight is 450 g/mol. The van der Waals surface area contributed by atoms with Crippen LogP contribution in [0.2, 0.25) is 10.0 Å². The molecule has 0 radical (unpaired) electrons. The molecule has 0 unspecified atom stereocenters. The molecule has 1 aliphatic rings. The summed E-state index contributed by atoms with van der Waals surface area (Å²) in [5, 5.41) is 4.54. The smallest absolute Gasteiger partial charge is 0.338 e. The average Bonchev–Trinajstić information content (AvgIpc) is 2.98. The molecule has 0 atom stereocenters. The normalized spacial score (nSPS) is 12.4. The molecule has 154 valence electrons. The number of nitrogens with one attached hydrogen (secondary N) is 2. The molecule has 0 bridgehead atoms. The molecule has 5 amide bonds. The first-order valence-corrected chi connectivity index (χ1v) is 9.15. The van der Waals surface area contributed by atoms with Gasteiger partial charge in [0, 0.05) is 7.05 Å². The van der Waals surface area contributed by atoms with Crippen molar-refractivity contribution in [1.29, 1.82) is 0 Å². The van der Waals surface area contributed by atoms with Gasteiger partial charge in [-0.1, -0.05) is 23.2 Å². The van der Waals surface area contributed by atoms with Crippen LogP contribution in [0.5, 0.6) is 0 Å². The van der Waals surface area contributed by atoms with Gasteiger partial charge in [-0.25, -0.2) is 14.5 Å². The van der Waals surface area contributed by atoms with Crippen molar-refractivity contribution in [3.05, 3.63) is 63.1 Å². The summed E-state index contributed by atoms with van der Waals surface area (Å²) in [6.45, 7) is -0.703. The number of nitrogens with zero attached hydrogens (tertiary/aromatic N) is 1. The van der Waals surface area contributed by atoms with Crippen LogP contribution in [0.3, 0.4) is 0 Å². The van der Waals surface area contributed by atoms with Crippen LogP contribution in [-0.2, 0) is 9.53 Å². The number of anilines is 1. The maximum absolute atomic E-state index is 12.8. The van der Waals surface area contributed by atoms with Crippen LogP contribution in [0.25, 0.3) is 0 Å². The highest BCUT2D eigenvalue weighted by atomic mass is 35.5. The lowest BCUT2D eigenvalue weighted by Gasteiger charge is -2.14. The minimum absolute atomic E-state index is 0.00432. The number of rotatable bonds is 4. The van der Waals surface area contributed by atoms with E-state index in [9.17, 15) is 24.0 Å². The lowest BCUT2D eigenvalue weighted by atomic mass is 10.1. The molecule has 0 aromatic heterocycles. The third-order valence-corrected chi connectivity index (χ3v) is 4.84. The number of amides is 5. The van der Waals surface area contributed by atoms with Gasteiger partial charge in [-0.05, 0) is 36.4 Å². The first-order chi connectivity index (χ1) is 14.2. The number of esters is 1. The van der Waals surface area contributed by atoms with E-state index in [4.69, 9.17) is 27.9 Å².